The van der Waals surface area contributed by atoms with Crippen LogP contribution in [0.15, 0.2) is 0 Å². The standard InChI is InChI=1S/C14H24N2OS2/c1-4-6-7-11(5-2)9-15-13(17)8-12-10(3)16-14(18)19-12/h11H,4-9H2,1-3H3,(H,15,17)(H,16,18). The van der Waals surface area contributed by atoms with E-state index in [0.29, 0.717) is 12.3 Å². The Bertz CT molecular complexity index is 451. The molecular formula is C14H24N2OS2. The van der Waals surface area contributed by atoms with Gasteiger partial charge in [0.25, 0.3) is 0 Å². The van der Waals surface area contributed by atoms with Crippen LogP contribution in [-0.2, 0) is 11.2 Å². The van der Waals surface area contributed by atoms with E-state index in [4.69, 9.17) is 12.2 Å². The summed E-state index contributed by atoms with van der Waals surface area (Å²) in [6, 6.07) is 0. The lowest BCUT2D eigenvalue weighted by molar-refractivity contribution is -0.120. The molecule has 1 rings (SSSR count). The molecule has 0 fully saturated rings. The van der Waals surface area contributed by atoms with Crippen LogP contribution in [0.1, 0.15) is 50.1 Å². The van der Waals surface area contributed by atoms with Gasteiger partial charge in [-0.15, -0.1) is 11.3 Å². The quantitative estimate of drug-likeness (QED) is 0.713. The first-order chi connectivity index (χ1) is 9.06. The first-order valence-corrected chi connectivity index (χ1v) is 8.24. The normalized spacial score (nSPS) is 12.4. The maximum atomic E-state index is 11.9. The summed E-state index contributed by atoms with van der Waals surface area (Å²) in [5.41, 5.74) is 1.02. The summed E-state index contributed by atoms with van der Waals surface area (Å²) in [5.74, 6) is 0.706. The topological polar surface area (TPSA) is 44.9 Å². The third-order valence-corrected chi connectivity index (χ3v) is 4.71. The second-order valence-corrected chi connectivity index (χ2v) is 6.73. The Morgan fingerprint density at radius 1 is 1.47 bits per heavy atom. The first kappa shape index (κ1) is 16.4. The van der Waals surface area contributed by atoms with Gasteiger partial charge in [0, 0.05) is 17.1 Å². The summed E-state index contributed by atoms with van der Waals surface area (Å²) in [6.45, 7) is 7.15. The maximum absolute atomic E-state index is 11.9. The van der Waals surface area contributed by atoms with E-state index in [1.54, 1.807) is 0 Å². The van der Waals surface area contributed by atoms with Crippen LogP contribution in [0.4, 0.5) is 0 Å². The van der Waals surface area contributed by atoms with Crippen LogP contribution in [0.3, 0.4) is 0 Å². The van der Waals surface area contributed by atoms with E-state index in [-0.39, 0.29) is 5.91 Å². The molecule has 108 valence electrons. The maximum Gasteiger partial charge on any atom is 0.225 e. The summed E-state index contributed by atoms with van der Waals surface area (Å²) >= 11 is 6.57. The van der Waals surface area contributed by atoms with Crippen molar-refractivity contribution in [2.45, 2.75) is 52.9 Å². The van der Waals surface area contributed by atoms with Gasteiger partial charge in [-0.3, -0.25) is 4.79 Å². The van der Waals surface area contributed by atoms with Crippen LogP contribution in [0.25, 0.3) is 0 Å². The van der Waals surface area contributed by atoms with E-state index >= 15 is 0 Å². The lowest BCUT2D eigenvalue weighted by atomic mass is 9.99. The van der Waals surface area contributed by atoms with Crippen molar-refractivity contribution in [3.8, 4) is 0 Å². The molecule has 0 bridgehead atoms. The molecule has 19 heavy (non-hydrogen) atoms. The molecule has 1 aromatic rings. The number of aryl methyl sites for hydroxylation is 1. The van der Waals surface area contributed by atoms with Crippen molar-refractivity contribution >= 4 is 29.5 Å². The second kappa shape index (κ2) is 8.48. The molecule has 1 aromatic heterocycles. The number of H-pyrrole nitrogens is 1. The monoisotopic (exact) mass is 300 g/mol. The largest absolute Gasteiger partial charge is 0.356 e. The van der Waals surface area contributed by atoms with Crippen molar-refractivity contribution in [3.63, 3.8) is 0 Å². The van der Waals surface area contributed by atoms with Crippen LogP contribution in [0, 0.1) is 16.8 Å². The van der Waals surface area contributed by atoms with Crippen molar-refractivity contribution in [2.24, 2.45) is 5.92 Å². The summed E-state index contributed by atoms with van der Waals surface area (Å²) in [5, 5.41) is 3.05. The predicted molar refractivity (Wildman–Crippen MR) is 84.3 cm³/mol. The van der Waals surface area contributed by atoms with E-state index in [9.17, 15) is 4.79 Å². The number of hydrogen-bond donors (Lipinski definition) is 2. The molecule has 1 amide bonds. The van der Waals surface area contributed by atoms with Crippen molar-refractivity contribution in [1.29, 1.82) is 0 Å². The Hall–Kier alpha value is -0.680. The molecule has 0 aliphatic rings. The van der Waals surface area contributed by atoms with Crippen LogP contribution >= 0.6 is 23.6 Å². The zero-order valence-corrected chi connectivity index (χ0v) is 13.7. The minimum Gasteiger partial charge on any atom is -0.356 e. The van der Waals surface area contributed by atoms with E-state index in [1.165, 1.54) is 30.6 Å². The molecule has 2 N–H and O–H groups in total. The van der Waals surface area contributed by atoms with Gasteiger partial charge in [-0.1, -0.05) is 33.1 Å². The fourth-order valence-electron chi connectivity index (χ4n) is 2.02. The third-order valence-electron chi connectivity index (χ3n) is 3.38. The molecule has 1 heterocycles. The molecule has 0 saturated heterocycles. The molecule has 5 heteroatoms. The summed E-state index contributed by atoms with van der Waals surface area (Å²) in [6.07, 6.45) is 5.23. The van der Waals surface area contributed by atoms with E-state index in [0.717, 1.165) is 27.5 Å². The highest BCUT2D eigenvalue weighted by molar-refractivity contribution is 7.73. The van der Waals surface area contributed by atoms with Crippen LogP contribution in [0.5, 0.6) is 0 Å². The zero-order valence-electron chi connectivity index (χ0n) is 12.0. The van der Waals surface area contributed by atoms with Gasteiger partial charge >= 0.3 is 0 Å². The Kier molecular flexibility index (Phi) is 7.31. The van der Waals surface area contributed by atoms with Gasteiger partial charge in [0.05, 0.1) is 6.42 Å². The van der Waals surface area contributed by atoms with Gasteiger partial charge in [-0.05, 0) is 31.5 Å². The fourth-order valence-corrected chi connectivity index (χ4v) is 3.31. The van der Waals surface area contributed by atoms with Crippen molar-refractivity contribution in [3.05, 3.63) is 14.5 Å². The lowest BCUT2D eigenvalue weighted by Crippen LogP contribution is -2.30. The van der Waals surface area contributed by atoms with Gasteiger partial charge in [0.2, 0.25) is 5.91 Å². The molecule has 0 aliphatic carbocycles. The number of nitrogens with one attached hydrogen (secondary N) is 2. The van der Waals surface area contributed by atoms with Crippen LogP contribution in [-0.4, -0.2) is 17.4 Å². The highest BCUT2D eigenvalue weighted by Gasteiger charge is 2.11. The molecule has 0 spiro atoms. The molecule has 1 unspecified atom stereocenters. The van der Waals surface area contributed by atoms with Crippen LogP contribution in [0.2, 0.25) is 0 Å². The Morgan fingerprint density at radius 3 is 2.74 bits per heavy atom. The second-order valence-electron chi connectivity index (χ2n) is 4.96. The summed E-state index contributed by atoms with van der Waals surface area (Å²) < 4.78 is 0.745. The molecule has 0 radical (unpaired) electrons. The van der Waals surface area contributed by atoms with Crippen LogP contribution < -0.4 is 5.32 Å². The number of rotatable bonds is 8. The average molecular weight is 300 g/mol. The number of carbonyl (C=O) groups is 1. The predicted octanol–water partition coefficient (Wildman–Crippen LogP) is 3.99. The Labute approximate surface area is 124 Å². The number of thiazole rings is 1. The van der Waals surface area contributed by atoms with Crippen molar-refractivity contribution < 1.29 is 4.79 Å². The fraction of sp³-hybridized carbons (Fsp3) is 0.714. The number of hydrogen-bond acceptors (Lipinski definition) is 3. The third kappa shape index (κ3) is 5.87. The van der Waals surface area contributed by atoms with Crippen molar-refractivity contribution in [1.82, 2.24) is 10.3 Å². The van der Waals surface area contributed by atoms with E-state index in [1.807, 2.05) is 6.92 Å². The van der Waals surface area contributed by atoms with Gasteiger partial charge in [0.15, 0.2) is 3.95 Å². The molecule has 0 aromatic carbocycles. The number of amides is 1. The molecule has 3 nitrogen and oxygen atoms in total. The van der Waals surface area contributed by atoms with Crippen molar-refractivity contribution in [2.75, 3.05) is 6.54 Å². The molecule has 0 aliphatic heterocycles. The summed E-state index contributed by atoms with van der Waals surface area (Å²) in [7, 11) is 0. The SMILES string of the molecule is CCCCC(CC)CNC(=O)Cc1sc(=S)[nH]c1C. The van der Waals surface area contributed by atoms with Gasteiger partial charge in [0.1, 0.15) is 0 Å². The molecular weight excluding hydrogens is 276 g/mol. The van der Waals surface area contributed by atoms with Gasteiger partial charge < -0.3 is 10.3 Å². The number of aromatic nitrogens is 1. The Morgan fingerprint density at radius 2 is 2.21 bits per heavy atom. The van der Waals surface area contributed by atoms with E-state index < -0.39 is 0 Å². The Balaban J connectivity index is 2.38. The number of unbranched alkanes of at least 4 members (excludes halogenated alkanes) is 1. The molecule has 0 saturated carbocycles. The van der Waals surface area contributed by atoms with E-state index in [2.05, 4.69) is 24.1 Å². The number of carbonyl (C=O) groups excluding carboxylic acids is 1. The summed E-state index contributed by atoms with van der Waals surface area (Å²) in [4.78, 5) is 16.0. The smallest absolute Gasteiger partial charge is 0.225 e. The van der Waals surface area contributed by atoms with Gasteiger partial charge in [-0.25, -0.2) is 0 Å². The van der Waals surface area contributed by atoms with Gasteiger partial charge in [-0.2, -0.15) is 0 Å². The highest BCUT2D eigenvalue weighted by atomic mass is 32.1. The zero-order chi connectivity index (χ0) is 14.3. The minimum absolute atomic E-state index is 0.100. The minimum atomic E-state index is 0.100. The molecule has 1 atom stereocenters. The highest BCUT2D eigenvalue weighted by Crippen LogP contribution is 2.15. The average Bonchev–Trinajstić information content (AvgIpc) is 2.68. The number of aromatic amines is 1. The first-order valence-electron chi connectivity index (χ1n) is 7.02. The lowest BCUT2D eigenvalue weighted by Gasteiger charge is -2.15.